The molecule has 0 bridgehead atoms. The van der Waals surface area contributed by atoms with Crippen molar-refractivity contribution >= 4 is 11.6 Å². The van der Waals surface area contributed by atoms with E-state index >= 15 is 0 Å². The number of benzene rings is 3. The summed E-state index contributed by atoms with van der Waals surface area (Å²) < 4.78 is 5.47. The highest BCUT2D eigenvalue weighted by atomic mass is 16.5. The summed E-state index contributed by atoms with van der Waals surface area (Å²) in [6, 6.07) is 25.3. The molecule has 1 amide bonds. The van der Waals surface area contributed by atoms with Crippen molar-refractivity contribution in [1.82, 2.24) is 4.90 Å². The second-order valence-electron chi connectivity index (χ2n) is 8.71. The predicted octanol–water partition coefficient (Wildman–Crippen LogP) is 5.95. The highest BCUT2D eigenvalue weighted by Crippen LogP contribution is 2.38. The van der Waals surface area contributed by atoms with Crippen molar-refractivity contribution in [3.63, 3.8) is 0 Å². The van der Waals surface area contributed by atoms with Crippen LogP contribution in [0.2, 0.25) is 0 Å². The zero-order chi connectivity index (χ0) is 21.9. The molecule has 2 aliphatic heterocycles. The van der Waals surface area contributed by atoms with Crippen molar-refractivity contribution in [2.75, 3.05) is 18.4 Å². The molecule has 4 heteroatoms. The standard InChI is InChI=1S/C28H28N2O2/c1-20-6-5-9-23(18-20)27(21-7-3-2-4-8-21)22-12-15-30(16-13-22)28(31)24-10-11-26-25(19-24)29-14-17-32-26/h2-11,14,17-19,22,27,29H,12-13,15-16H2,1H3. The van der Waals surface area contributed by atoms with Crippen LogP contribution in [0.3, 0.4) is 0 Å². The van der Waals surface area contributed by atoms with Crippen molar-refractivity contribution in [2.24, 2.45) is 5.92 Å². The lowest BCUT2D eigenvalue weighted by Gasteiger charge is -2.37. The number of hydrogen-bond acceptors (Lipinski definition) is 3. The topological polar surface area (TPSA) is 41.6 Å². The molecule has 0 radical (unpaired) electrons. The van der Waals surface area contributed by atoms with Crippen molar-refractivity contribution < 1.29 is 9.53 Å². The van der Waals surface area contributed by atoms with E-state index < -0.39 is 0 Å². The monoisotopic (exact) mass is 424 g/mol. The van der Waals surface area contributed by atoms with Crippen molar-refractivity contribution in [1.29, 1.82) is 0 Å². The summed E-state index contributed by atoms with van der Waals surface area (Å²) >= 11 is 0. The SMILES string of the molecule is Cc1cccc(C(c2ccccc2)C2CCN(C(=O)c3ccc4c(c3)NC=CO4)CC2)c1. The molecule has 162 valence electrons. The average Bonchev–Trinajstić information content (AvgIpc) is 2.85. The van der Waals surface area contributed by atoms with Crippen LogP contribution in [0, 0.1) is 12.8 Å². The van der Waals surface area contributed by atoms with Gasteiger partial charge in [-0.15, -0.1) is 0 Å². The quantitative estimate of drug-likeness (QED) is 0.562. The van der Waals surface area contributed by atoms with E-state index in [-0.39, 0.29) is 5.91 Å². The maximum Gasteiger partial charge on any atom is 0.253 e. The zero-order valence-corrected chi connectivity index (χ0v) is 18.3. The van der Waals surface area contributed by atoms with E-state index in [1.807, 2.05) is 23.1 Å². The van der Waals surface area contributed by atoms with E-state index in [1.165, 1.54) is 16.7 Å². The molecular weight excluding hydrogens is 396 g/mol. The van der Waals surface area contributed by atoms with E-state index in [0.717, 1.165) is 37.4 Å². The van der Waals surface area contributed by atoms with E-state index in [0.29, 0.717) is 17.4 Å². The first-order valence-electron chi connectivity index (χ1n) is 11.3. The van der Waals surface area contributed by atoms with Gasteiger partial charge in [-0.2, -0.15) is 0 Å². The second-order valence-corrected chi connectivity index (χ2v) is 8.71. The van der Waals surface area contributed by atoms with Crippen molar-refractivity contribution in [2.45, 2.75) is 25.7 Å². The fourth-order valence-corrected chi connectivity index (χ4v) is 4.99. The van der Waals surface area contributed by atoms with Crippen LogP contribution in [0.1, 0.15) is 45.8 Å². The molecule has 1 saturated heterocycles. The van der Waals surface area contributed by atoms with Gasteiger partial charge in [0, 0.05) is 30.8 Å². The highest BCUT2D eigenvalue weighted by Gasteiger charge is 2.31. The largest absolute Gasteiger partial charge is 0.461 e. The van der Waals surface area contributed by atoms with Gasteiger partial charge in [-0.05, 0) is 55.0 Å². The maximum atomic E-state index is 13.2. The number of hydrogen-bond donors (Lipinski definition) is 1. The molecule has 5 rings (SSSR count). The summed E-state index contributed by atoms with van der Waals surface area (Å²) in [5, 5.41) is 3.15. The van der Waals surface area contributed by atoms with Crippen LogP contribution >= 0.6 is 0 Å². The minimum Gasteiger partial charge on any atom is -0.461 e. The molecule has 3 aromatic carbocycles. The first-order valence-corrected chi connectivity index (χ1v) is 11.3. The van der Waals surface area contributed by atoms with Crippen LogP contribution < -0.4 is 10.1 Å². The van der Waals surface area contributed by atoms with Gasteiger partial charge < -0.3 is 15.0 Å². The van der Waals surface area contributed by atoms with Gasteiger partial charge in [-0.3, -0.25) is 4.79 Å². The Bertz CT molecular complexity index is 1130. The minimum absolute atomic E-state index is 0.0921. The Balaban J connectivity index is 1.33. The lowest BCUT2D eigenvalue weighted by Crippen LogP contribution is -2.40. The van der Waals surface area contributed by atoms with Crippen LogP contribution in [0.5, 0.6) is 5.75 Å². The van der Waals surface area contributed by atoms with Gasteiger partial charge in [0.05, 0.1) is 5.69 Å². The summed E-state index contributed by atoms with van der Waals surface area (Å²) in [4.78, 5) is 15.2. The first kappa shape index (κ1) is 20.4. The van der Waals surface area contributed by atoms with Crippen LogP contribution in [0.25, 0.3) is 0 Å². The van der Waals surface area contributed by atoms with Crippen molar-refractivity contribution in [3.05, 3.63) is 108 Å². The zero-order valence-electron chi connectivity index (χ0n) is 18.3. The number of piperidine rings is 1. The number of nitrogens with one attached hydrogen (secondary N) is 1. The van der Waals surface area contributed by atoms with E-state index in [4.69, 9.17) is 4.74 Å². The fraction of sp³-hybridized carbons (Fsp3) is 0.250. The summed E-state index contributed by atoms with van der Waals surface area (Å²) in [5.74, 6) is 1.69. The number of rotatable bonds is 4. The molecule has 3 aromatic rings. The van der Waals surface area contributed by atoms with Gasteiger partial charge in [0.15, 0.2) is 0 Å². The summed E-state index contributed by atoms with van der Waals surface area (Å²) in [7, 11) is 0. The Morgan fingerprint density at radius 3 is 2.53 bits per heavy atom. The molecule has 0 aliphatic carbocycles. The third-order valence-electron chi connectivity index (χ3n) is 6.59. The molecule has 1 fully saturated rings. The Hall–Kier alpha value is -3.53. The molecule has 2 heterocycles. The Morgan fingerprint density at radius 1 is 0.969 bits per heavy atom. The predicted molar refractivity (Wildman–Crippen MR) is 128 cm³/mol. The molecule has 0 spiro atoms. The lowest BCUT2D eigenvalue weighted by molar-refractivity contribution is 0.0683. The Labute approximate surface area is 189 Å². The number of aryl methyl sites for hydroxylation is 1. The number of fused-ring (bicyclic) bond motifs is 1. The Kier molecular flexibility index (Phi) is 5.68. The highest BCUT2D eigenvalue weighted by molar-refractivity contribution is 5.95. The second kappa shape index (κ2) is 8.91. The van der Waals surface area contributed by atoms with Gasteiger partial charge in [0.25, 0.3) is 5.91 Å². The van der Waals surface area contributed by atoms with Crippen LogP contribution in [0.4, 0.5) is 5.69 Å². The number of carbonyl (C=O) groups is 1. The number of ether oxygens (including phenoxy) is 1. The van der Waals surface area contributed by atoms with Gasteiger partial charge in [-0.25, -0.2) is 0 Å². The number of anilines is 1. The van der Waals surface area contributed by atoms with Crippen LogP contribution in [-0.4, -0.2) is 23.9 Å². The van der Waals surface area contributed by atoms with Crippen LogP contribution in [-0.2, 0) is 0 Å². The normalized spacial score (nSPS) is 16.6. The Morgan fingerprint density at radius 2 is 1.75 bits per heavy atom. The third kappa shape index (κ3) is 4.13. The average molecular weight is 425 g/mol. The van der Waals surface area contributed by atoms with Crippen molar-refractivity contribution in [3.8, 4) is 5.75 Å². The molecule has 1 atom stereocenters. The summed E-state index contributed by atoms with van der Waals surface area (Å²) in [6.07, 6.45) is 5.33. The van der Waals surface area contributed by atoms with Gasteiger partial charge in [0.2, 0.25) is 0 Å². The van der Waals surface area contributed by atoms with E-state index in [2.05, 4.69) is 66.8 Å². The van der Waals surface area contributed by atoms with Crippen LogP contribution in [0.15, 0.2) is 85.3 Å². The first-order chi connectivity index (χ1) is 15.7. The fourth-order valence-electron chi connectivity index (χ4n) is 4.99. The number of carbonyl (C=O) groups excluding carboxylic acids is 1. The molecular formula is C28H28N2O2. The molecule has 1 unspecified atom stereocenters. The molecule has 4 nitrogen and oxygen atoms in total. The number of amides is 1. The van der Waals surface area contributed by atoms with E-state index in [9.17, 15) is 4.79 Å². The smallest absolute Gasteiger partial charge is 0.253 e. The lowest BCUT2D eigenvalue weighted by atomic mass is 9.76. The number of nitrogens with zero attached hydrogens (tertiary/aromatic N) is 1. The van der Waals surface area contributed by atoms with Gasteiger partial charge >= 0.3 is 0 Å². The van der Waals surface area contributed by atoms with Gasteiger partial charge in [0.1, 0.15) is 12.0 Å². The summed E-state index contributed by atoms with van der Waals surface area (Å²) in [6.45, 7) is 3.71. The molecule has 1 N–H and O–H groups in total. The third-order valence-corrected chi connectivity index (χ3v) is 6.59. The molecule has 0 saturated carbocycles. The molecule has 2 aliphatic rings. The molecule has 32 heavy (non-hydrogen) atoms. The number of likely N-dealkylation sites (tertiary alicyclic amines) is 1. The minimum atomic E-state index is 0.0921. The van der Waals surface area contributed by atoms with E-state index in [1.54, 1.807) is 12.5 Å². The maximum absolute atomic E-state index is 13.2. The summed E-state index contributed by atoms with van der Waals surface area (Å²) in [5.41, 5.74) is 5.55. The molecule has 0 aromatic heterocycles. The van der Waals surface area contributed by atoms with Gasteiger partial charge in [-0.1, -0.05) is 60.2 Å².